The topological polar surface area (TPSA) is 55.6 Å². The molecule has 1 saturated heterocycles. The summed E-state index contributed by atoms with van der Waals surface area (Å²) in [5, 5.41) is 1.11. The normalized spacial score (nSPS) is 26.2. The van der Waals surface area contributed by atoms with Gasteiger partial charge in [-0.05, 0) is 58.2 Å². The van der Waals surface area contributed by atoms with Crippen LogP contribution in [0.15, 0.2) is 28.9 Å². The molecular formula is C22H26Cl2N2O3. The third kappa shape index (κ3) is 3.75. The van der Waals surface area contributed by atoms with Gasteiger partial charge < -0.3 is 14.1 Å². The Morgan fingerprint density at radius 3 is 2.69 bits per heavy atom. The van der Waals surface area contributed by atoms with E-state index < -0.39 is 5.60 Å². The number of piperidine rings is 1. The van der Waals surface area contributed by atoms with Gasteiger partial charge in [0.1, 0.15) is 11.9 Å². The van der Waals surface area contributed by atoms with Crippen molar-refractivity contribution in [2.45, 2.75) is 58.0 Å². The Kier molecular flexibility index (Phi) is 4.90. The molecule has 2 unspecified atom stereocenters. The van der Waals surface area contributed by atoms with E-state index in [1.165, 1.54) is 5.56 Å². The summed E-state index contributed by atoms with van der Waals surface area (Å²) in [7, 11) is 0. The molecule has 7 heteroatoms. The molecule has 2 fully saturated rings. The highest BCUT2D eigenvalue weighted by Crippen LogP contribution is 2.70. The molecule has 2 heterocycles. The molecular weight excluding hydrogens is 411 g/mol. The van der Waals surface area contributed by atoms with E-state index in [4.69, 9.17) is 32.4 Å². The Morgan fingerprint density at radius 2 is 2.07 bits per heavy atom. The first-order valence-electron chi connectivity index (χ1n) is 9.88. The van der Waals surface area contributed by atoms with Crippen molar-refractivity contribution < 1.29 is 13.9 Å². The highest BCUT2D eigenvalue weighted by atomic mass is 35.5. The van der Waals surface area contributed by atoms with Crippen molar-refractivity contribution in [2.75, 3.05) is 13.1 Å². The summed E-state index contributed by atoms with van der Waals surface area (Å²) < 4.78 is 11.3. The number of nitrogens with zero attached hydrogens (tertiary/aromatic N) is 2. The number of carbonyl (C=O) groups excluding carboxylic acids is 1. The Bertz CT molecular complexity index is 952. The number of likely N-dealkylation sites (tertiary alicyclic amines) is 1. The van der Waals surface area contributed by atoms with E-state index >= 15 is 0 Å². The maximum Gasteiger partial charge on any atom is 0.410 e. The van der Waals surface area contributed by atoms with Crippen LogP contribution < -0.4 is 0 Å². The zero-order valence-electron chi connectivity index (χ0n) is 17.2. The van der Waals surface area contributed by atoms with E-state index in [1.807, 2.05) is 44.7 Å². The molecule has 2 aromatic rings. The lowest BCUT2D eigenvalue weighted by atomic mass is 9.78. The molecule has 5 nitrogen and oxygen atoms in total. The number of ether oxygens (including phenoxy) is 1. The number of amides is 1. The first kappa shape index (κ1) is 20.5. The van der Waals surface area contributed by atoms with Gasteiger partial charge in [0.15, 0.2) is 5.89 Å². The van der Waals surface area contributed by atoms with Gasteiger partial charge >= 0.3 is 6.09 Å². The van der Waals surface area contributed by atoms with Gasteiger partial charge in [-0.3, -0.25) is 0 Å². The van der Waals surface area contributed by atoms with Crippen molar-refractivity contribution in [3.05, 3.63) is 51.7 Å². The van der Waals surface area contributed by atoms with Crippen LogP contribution in [0.1, 0.15) is 50.8 Å². The molecule has 0 spiro atoms. The van der Waals surface area contributed by atoms with Crippen LogP contribution in [-0.4, -0.2) is 34.7 Å². The van der Waals surface area contributed by atoms with E-state index in [1.54, 1.807) is 6.26 Å². The predicted molar refractivity (Wildman–Crippen MR) is 113 cm³/mol. The molecule has 29 heavy (non-hydrogen) atoms. The molecule has 2 atom stereocenters. The van der Waals surface area contributed by atoms with Crippen LogP contribution in [0, 0.1) is 12.3 Å². The van der Waals surface area contributed by atoms with E-state index in [-0.39, 0.29) is 16.9 Å². The molecule has 1 aliphatic heterocycles. The van der Waals surface area contributed by atoms with Crippen molar-refractivity contribution in [2.24, 2.45) is 5.41 Å². The van der Waals surface area contributed by atoms with Gasteiger partial charge in [-0.15, -0.1) is 0 Å². The van der Waals surface area contributed by atoms with Crippen LogP contribution in [-0.2, 0) is 16.6 Å². The highest BCUT2D eigenvalue weighted by Gasteiger charge is 2.70. The number of aryl methyl sites for hydroxylation is 1. The zero-order valence-corrected chi connectivity index (χ0v) is 18.7. The fraction of sp³-hybridized carbons (Fsp3) is 0.545. The van der Waals surface area contributed by atoms with E-state index in [9.17, 15) is 4.79 Å². The number of rotatable bonds is 3. The molecule has 0 radical (unpaired) electrons. The number of aromatic nitrogens is 1. The Hall–Kier alpha value is -1.72. The first-order valence-corrected chi connectivity index (χ1v) is 10.6. The van der Waals surface area contributed by atoms with Crippen LogP contribution in [0.4, 0.5) is 4.79 Å². The van der Waals surface area contributed by atoms with Crippen molar-refractivity contribution >= 4 is 29.3 Å². The summed E-state index contributed by atoms with van der Waals surface area (Å²) in [4.78, 5) is 19.1. The maximum atomic E-state index is 12.7. The summed E-state index contributed by atoms with van der Waals surface area (Å²) in [6.45, 7) is 8.81. The van der Waals surface area contributed by atoms with Gasteiger partial charge in [0.2, 0.25) is 0 Å². The lowest BCUT2D eigenvalue weighted by Crippen LogP contribution is -2.47. The van der Waals surface area contributed by atoms with Gasteiger partial charge in [-0.2, -0.15) is 0 Å². The average molecular weight is 437 g/mol. The van der Waals surface area contributed by atoms with Gasteiger partial charge in [-0.25, -0.2) is 9.78 Å². The molecule has 4 rings (SSSR count). The minimum absolute atomic E-state index is 0.0673. The van der Waals surface area contributed by atoms with Crippen molar-refractivity contribution in [1.29, 1.82) is 0 Å². The van der Waals surface area contributed by atoms with Crippen LogP contribution in [0.25, 0.3) is 0 Å². The van der Waals surface area contributed by atoms with E-state index in [0.29, 0.717) is 35.4 Å². The lowest BCUT2D eigenvalue weighted by molar-refractivity contribution is 0.0134. The summed E-state index contributed by atoms with van der Waals surface area (Å²) in [6, 6.07) is 5.88. The fourth-order valence-corrected chi connectivity index (χ4v) is 5.05. The Morgan fingerprint density at radius 1 is 1.31 bits per heavy atom. The molecule has 0 bridgehead atoms. The zero-order chi connectivity index (χ0) is 21.0. The smallest absolute Gasteiger partial charge is 0.410 e. The van der Waals surface area contributed by atoms with Crippen LogP contribution >= 0.6 is 23.2 Å². The Labute approximate surface area is 181 Å². The molecule has 1 aromatic carbocycles. The number of halogens is 2. The van der Waals surface area contributed by atoms with Crippen LogP contribution in [0.2, 0.25) is 10.0 Å². The summed E-state index contributed by atoms with van der Waals surface area (Å²) in [5.74, 6) is 0.704. The van der Waals surface area contributed by atoms with Gasteiger partial charge in [-0.1, -0.05) is 29.3 Å². The fourth-order valence-electron chi connectivity index (χ4n) is 4.75. The standard InChI is InChI=1S/C22H26Cl2N2O3/c1-14-11-28-18(25-14)10-21-12-22(21,15-5-6-16(23)17(24)9-15)7-8-26(13-21)19(27)29-20(2,3)4/h5-6,9,11H,7-8,10,12-13H2,1-4H3. The number of carbonyl (C=O) groups is 1. The second-order valence-corrected chi connectivity index (χ2v) is 10.2. The minimum Gasteiger partial charge on any atom is -0.449 e. The summed E-state index contributed by atoms with van der Waals surface area (Å²) in [5.41, 5.74) is 1.28. The third-order valence-electron chi connectivity index (χ3n) is 6.11. The number of hydrogen-bond donors (Lipinski definition) is 0. The summed E-state index contributed by atoms with van der Waals surface area (Å²) in [6.07, 6.45) is 3.85. The first-order chi connectivity index (χ1) is 13.5. The maximum absolute atomic E-state index is 12.7. The minimum atomic E-state index is -0.522. The Balaban J connectivity index is 1.65. The molecule has 1 saturated carbocycles. The summed E-state index contributed by atoms with van der Waals surface area (Å²) >= 11 is 12.5. The quantitative estimate of drug-likeness (QED) is 0.609. The number of oxazole rings is 1. The molecule has 0 N–H and O–H groups in total. The van der Waals surface area contributed by atoms with Crippen LogP contribution in [0.3, 0.4) is 0 Å². The molecule has 156 valence electrons. The number of benzene rings is 1. The number of hydrogen-bond acceptors (Lipinski definition) is 4. The monoisotopic (exact) mass is 436 g/mol. The molecule has 1 amide bonds. The van der Waals surface area contributed by atoms with Gasteiger partial charge in [0, 0.05) is 30.3 Å². The predicted octanol–water partition coefficient (Wildman–Crippen LogP) is 5.80. The second kappa shape index (κ2) is 6.92. The highest BCUT2D eigenvalue weighted by molar-refractivity contribution is 6.42. The van der Waals surface area contributed by atoms with Crippen molar-refractivity contribution in [1.82, 2.24) is 9.88 Å². The van der Waals surface area contributed by atoms with Crippen molar-refractivity contribution in [3.8, 4) is 0 Å². The van der Waals surface area contributed by atoms with E-state index in [2.05, 4.69) is 11.1 Å². The second-order valence-electron chi connectivity index (χ2n) is 9.38. The molecule has 1 aliphatic carbocycles. The number of fused-ring (bicyclic) bond motifs is 1. The molecule has 1 aromatic heterocycles. The van der Waals surface area contributed by atoms with E-state index in [0.717, 1.165) is 18.5 Å². The van der Waals surface area contributed by atoms with Crippen molar-refractivity contribution in [3.63, 3.8) is 0 Å². The average Bonchev–Trinajstić information content (AvgIpc) is 3.12. The SMILES string of the molecule is Cc1coc(CC23CN(C(=O)OC(C)(C)C)CCC2(c2ccc(Cl)c(Cl)c2)C3)n1. The third-order valence-corrected chi connectivity index (χ3v) is 6.85. The lowest BCUT2D eigenvalue weighted by Gasteiger charge is -2.38. The largest absolute Gasteiger partial charge is 0.449 e. The van der Waals surface area contributed by atoms with Crippen LogP contribution in [0.5, 0.6) is 0 Å². The van der Waals surface area contributed by atoms with Gasteiger partial charge in [0.05, 0.1) is 15.7 Å². The van der Waals surface area contributed by atoms with Gasteiger partial charge in [0.25, 0.3) is 0 Å². The molecule has 2 aliphatic rings.